The number of nitrogens with one attached hydrogen (secondary N) is 1. The standard InChI is InChI=1S/C16H16F3N3O/c1-22-11-20-10-13(22)7-8-21-15(23)14(16(17,18)19)9-12-5-3-2-4-6-12/h2-6,9-11H,7-8H2,1H3,(H,21,23). The first kappa shape index (κ1) is 16.8. The number of benzene rings is 1. The first-order chi connectivity index (χ1) is 10.9. The Morgan fingerprint density at radius 2 is 2.00 bits per heavy atom. The number of carbonyl (C=O) groups is 1. The summed E-state index contributed by atoms with van der Waals surface area (Å²) in [4.78, 5) is 15.8. The molecular weight excluding hydrogens is 307 g/mol. The average Bonchev–Trinajstić information content (AvgIpc) is 2.90. The van der Waals surface area contributed by atoms with Crippen molar-refractivity contribution in [1.82, 2.24) is 14.9 Å². The van der Waals surface area contributed by atoms with Crippen LogP contribution < -0.4 is 5.32 Å². The van der Waals surface area contributed by atoms with E-state index in [2.05, 4.69) is 10.3 Å². The number of nitrogens with zero attached hydrogens (tertiary/aromatic N) is 2. The summed E-state index contributed by atoms with van der Waals surface area (Å²) in [5.41, 5.74) is -0.0683. The van der Waals surface area contributed by atoms with Crippen molar-refractivity contribution in [3.8, 4) is 0 Å². The third kappa shape index (κ3) is 4.70. The lowest BCUT2D eigenvalue weighted by atomic mass is 10.1. The van der Waals surface area contributed by atoms with Crippen LogP contribution in [0, 0.1) is 0 Å². The number of hydrogen-bond acceptors (Lipinski definition) is 2. The van der Waals surface area contributed by atoms with Crippen LogP contribution in [0.1, 0.15) is 11.3 Å². The van der Waals surface area contributed by atoms with Crippen molar-refractivity contribution in [3.05, 3.63) is 59.7 Å². The highest BCUT2D eigenvalue weighted by atomic mass is 19.4. The molecule has 4 nitrogen and oxygen atoms in total. The van der Waals surface area contributed by atoms with E-state index in [4.69, 9.17) is 0 Å². The second-order valence-electron chi connectivity index (χ2n) is 4.97. The molecule has 2 rings (SSSR count). The predicted molar refractivity (Wildman–Crippen MR) is 80.4 cm³/mol. The second kappa shape index (κ2) is 7.13. The molecule has 1 amide bonds. The smallest absolute Gasteiger partial charge is 0.352 e. The molecule has 0 saturated carbocycles. The van der Waals surface area contributed by atoms with Gasteiger partial charge in [0.1, 0.15) is 5.57 Å². The third-order valence-electron chi connectivity index (χ3n) is 3.24. The van der Waals surface area contributed by atoms with Crippen molar-refractivity contribution >= 4 is 12.0 Å². The van der Waals surface area contributed by atoms with E-state index in [-0.39, 0.29) is 6.54 Å². The molecule has 1 N–H and O–H groups in total. The molecule has 0 aliphatic heterocycles. The molecular formula is C16H16F3N3O. The second-order valence-corrected chi connectivity index (χ2v) is 4.97. The van der Waals surface area contributed by atoms with E-state index in [1.165, 1.54) is 12.1 Å². The summed E-state index contributed by atoms with van der Waals surface area (Å²) >= 11 is 0. The average molecular weight is 323 g/mol. The van der Waals surface area contributed by atoms with Crippen LogP contribution in [0.5, 0.6) is 0 Å². The Kier molecular flexibility index (Phi) is 5.20. The van der Waals surface area contributed by atoms with Crippen molar-refractivity contribution in [2.24, 2.45) is 7.05 Å². The van der Waals surface area contributed by atoms with Crippen LogP contribution in [-0.2, 0) is 18.3 Å². The van der Waals surface area contributed by atoms with Crippen LogP contribution in [0.25, 0.3) is 6.08 Å². The van der Waals surface area contributed by atoms with Gasteiger partial charge in [-0.25, -0.2) is 4.98 Å². The van der Waals surface area contributed by atoms with Gasteiger partial charge in [0.25, 0.3) is 5.91 Å². The van der Waals surface area contributed by atoms with Gasteiger partial charge in [0, 0.05) is 31.9 Å². The first-order valence-electron chi connectivity index (χ1n) is 6.95. The summed E-state index contributed by atoms with van der Waals surface area (Å²) in [5.74, 6) is -1.14. The van der Waals surface area contributed by atoms with Crippen LogP contribution in [-0.4, -0.2) is 28.2 Å². The summed E-state index contributed by atoms with van der Waals surface area (Å²) in [7, 11) is 1.78. The molecule has 23 heavy (non-hydrogen) atoms. The molecule has 7 heteroatoms. The zero-order valence-electron chi connectivity index (χ0n) is 12.5. The summed E-state index contributed by atoms with van der Waals surface area (Å²) in [6.07, 6.45) is -0.269. The van der Waals surface area contributed by atoms with Crippen LogP contribution in [0.15, 0.2) is 48.4 Å². The fourth-order valence-electron chi connectivity index (χ4n) is 2.02. The quantitative estimate of drug-likeness (QED) is 0.860. The number of aryl methyl sites for hydroxylation is 1. The number of halogens is 3. The van der Waals surface area contributed by atoms with Crippen LogP contribution >= 0.6 is 0 Å². The Labute approximate surface area is 131 Å². The molecule has 122 valence electrons. The number of imidazole rings is 1. The van der Waals surface area contributed by atoms with Gasteiger partial charge in [0.15, 0.2) is 0 Å². The predicted octanol–water partition coefficient (Wildman–Crippen LogP) is 2.72. The van der Waals surface area contributed by atoms with Crippen LogP contribution in [0.4, 0.5) is 13.2 Å². The van der Waals surface area contributed by atoms with Crippen LogP contribution in [0.3, 0.4) is 0 Å². The lowest BCUT2D eigenvalue weighted by molar-refractivity contribution is -0.130. The number of aromatic nitrogens is 2. The van der Waals surface area contributed by atoms with E-state index in [0.717, 1.165) is 11.8 Å². The Hall–Kier alpha value is -2.57. The summed E-state index contributed by atoms with van der Waals surface area (Å²) in [6.45, 7) is 0.0978. The molecule has 2 aromatic rings. The van der Waals surface area contributed by atoms with Gasteiger partial charge in [-0.05, 0) is 11.6 Å². The molecule has 0 aliphatic rings. The van der Waals surface area contributed by atoms with Crippen molar-refractivity contribution in [1.29, 1.82) is 0 Å². The molecule has 0 spiro atoms. The zero-order valence-corrected chi connectivity index (χ0v) is 12.5. The van der Waals surface area contributed by atoms with Crippen molar-refractivity contribution in [3.63, 3.8) is 0 Å². The normalized spacial score (nSPS) is 12.3. The highest BCUT2D eigenvalue weighted by molar-refractivity contribution is 5.99. The van der Waals surface area contributed by atoms with E-state index in [9.17, 15) is 18.0 Å². The van der Waals surface area contributed by atoms with E-state index in [0.29, 0.717) is 12.0 Å². The van der Waals surface area contributed by atoms with Gasteiger partial charge in [-0.2, -0.15) is 13.2 Å². The fourth-order valence-corrected chi connectivity index (χ4v) is 2.02. The minimum absolute atomic E-state index is 0.0978. The zero-order chi connectivity index (χ0) is 16.9. The number of amides is 1. The molecule has 1 heterocycles. The minimum atomic E-state index is -4.72. The first-order valence-corrected chi connectivity index (χ1v) is 6.95. The highest BCUT2D eigenvalue weighted by Gasteiger charge is 2.38. The topological polar surface area (TPSA) is 46.9 Å². The lowest BCUT2D eigenvalue weighted by Gasteiger charge is -2.12. The highest BCUT2D eigenvalue weighted by Crippen LogP contribution is 2.27. The third-order valence-corrected chi connectivity index (χ3v) is 3.24. The van der Waals surface area contributed by atoms with Crippen molar-refractivity contribution in [2.45, 2.75) is 12.6 Å². The Balaban J connectivity index is 2.06. The number of carbonyl (C=O) groups excluding carboxylic acids is 1. The van der Waals surface area contributed by atoms with Crippen LogP contribution in [0.2, 0.25) is 0 Å². The summed E-state index contributed by atoms with van der Waals surface area (Å²) in [5, 5.41) is 2.31. The maximum absolute atomic E-state index is 13.1. The van der Waals surface area contributed by atoms with E-state index < -0.39 is 17.7 Å². The Morgan fingerprint density at radius 3 is 2.57 bits per heavy atom. The van der Waals surface area contributed by atoms with E-state index >= 15 is 0 Å². The maximum atomic E-state index is 13.1. The lowest BCUT2D eigenvalue weighted by Crippen LogP contribution is -2.33. The van der Waals surface area contributed by atoms with Gasteiger partial charge >= 0.3 is 6.18 Å². The largest absolute Gasteiger partial charge is 0.421 e. The summed E-state index contributed by atoms with van der Waals surface area (Å²) < 4.78 is 41.0. The molecule has 0 fully saturated rings. The van der Waals surface area contributed by atoms with Gasteiger partial charge in [0.2, 0.25) is 0 Å². The fraction of sp³-hybridized carbons (Fsp3) is 0.250. The van der Waals surface area contributed by atoms with Crippen molar-refractivity contribution in [2.75, 3.05) is 6.54 Å². The van der Waals surface area contributed by atoms with Gasteiger partial charge in [-0.1, -0.05) is 30.3 Å². The minimum Gasteiger partial charge on any atom is -0.352 e. The molecule has 1 aromatic heterocycles. The number of hydrogen-bond donors (Lipinski definition) is 1. The SMILES string of the molecule is Cn1cncc1CCNC(=O)C(=Cc1ccccc1)C(F)(F)F. The maximum Gasteiger partial charge on any atom is 0.421 e. The summed E-state index contributed by atoms with van der Waals surface area (Å²) in [6, 6.07) is 7.93. The van der Waals surface area contributed by atoms with E-state index in [1.807, 2.05) is 0 Å². The van der Waals surface area contributed by atoms with E-state index in [1.54, 1.807) is 42.3 Å². The van der Waals surface area contributed by atoms with Gasteiger partial charge in [0.05, 0.1) is 6.33 Å². The molecule has 0 saturated heterocycles. The Bertz CT molecular complexity index is 690. The molecule has 0 radical (unpaired) electrons. The van der Waals surface area contributed by atoms with Gasteiger partial charge in [-0.15, -0.1) is 0 Å². The van der Waals surface area contributed by atoms with Crippen molar-refractivity contribution < 1.29 is 18.0 Å². The monoisotopic (exact) mass is 323 g/mol. The Morgan fingerprint density at radius 1 is 1.30 bits per heavy atom. The number of rotatable bonds is 5. The van der Waals surface area contributed by atoms with Gasteiger partial charge in [-0.3, -0.25) is 4.79 Å². The number of alkyl halides is 3. The molecule has 0 bridgehead atoms. The molecule has 0 aliphatic carbocycles. The molecule has 1 aromatic carbocycles. The van der Waals surface area contributed by atoms with Gasteiger partial charge < -0.3 is 9.88 Å². The molecule has 0 unspecified atom stereocenters. The molecule has 0 atom stereocenters.